The average molecular weight is 412 g/mol. The number of benzene rings is 1. The number of hydrogen-bond acceptors (Lipinski definition) is 7. The molecule has 0 radical (unpaired) electrons. The molecule has 160 valence electrons. The molecule has 4 heterocycles. The standard InChI is InChI=1S/C22H29N5O3/c28-21-2-1-6-27(21)12-9-25-7-10-26(11-8-25)17-3-4-20-19(14-17)22(24-16-23-20)30-18-5-13-29-15-18/h3-4,14,16,18H,1-2,5-13,15H2. The van der Waals surface area contributed by atoms with Crippen LogP contribution in [0.4, 0.5) is 5.69 Å². The number of likely N-dealkylation sites (tertiary alicyclic amines) is 1. The smallest absolute Gasteiger partial charge is 0.224 e. The second-order valence-electron chi connectivity index (χ2n) is 8.30. The van der Waals surface area contributed by atoms with Crippen LogP contribution in [0.25, 0.3) is 10.9 Å². The highest BCUT2D eigenvalue weighted by Crippen LogP contribution is 2.28. The number of rotatable bonds is 6. The third kappa shape index (κ3) is 4.20. The number of nitrogens with zero attached hydrogens (tertiary/aromatic N) is 5. The Kier molecular flexibility index (Phi) is 5.68. The van der Waals surface area contributed by atoms with Gasteiger partial charge in [-0.2, -0.15) is 0 Å². The van der Waals surface area contributed by atoms with Gasteiger partial charge in [-0.1, -0.05) is 0 Å². The third-order valence-electron chi connectivity index (χ3n) is 6.34. The number of amides is 1. The van der Waals surface area contributed by atoms with Crippen LogP contribution in [-0.4, -0.2) is 90.8 Å². The highest BCUT2D eigenvalue weighted by atomic mass is 16.5. The topological polar surface area (TPSA) is 71.0 Å². The molecule has 0 N–H and O–H groups in total. The van der Waals surface area contributed by atoms with Crippen molar-refractivity contribution >= 4 is 22.5 Å². The van der Waals surface area contributed by atoms with E-state index in [1.807, 2.05) is 4.90 Å². The maximum absolute atomic E-state index is 11.8. The van der Waals surface area contributed by atoms with Gasteiger partial charge in [0.25, 0.3) is 0 Å². The minimum absolute atomic E-state index is 0.0674. The number of carbonyl (C=O) groups excluding carboxylic acids is 1. The van der Waals surface area contributed by atoms with E-state index in [0.29, 0.717) is 18.4 Å². The fourth-order valence-electron chi connectivity index (χ4n) is 4.51. The third-order valence-corrected chi connectivity index (χ3v) is 6.34. The lowest BCUT2D eigenvalue weighted by Gasteiger charge is -2.36. The van der Waals surface area contributed by atoms with E-state index in [0.717, 1.165) is 82.6 Å². The Labute approximate surface area is 176 Å². The molecule has 0 spiro atoms. The molecule has 0 aliphatic carbocycles. The number of aromatic nitrogens is 2. The van der Waals surface area contributed by atoms with Crippen LogP contribution in [-0.2, 0) is 9.53 Å². The summed E-state index contributed by atoms with van der Waals surface area (Å²) in [5.41, 5.74) is 2.08. The highest BCUT2D eigenvalue weighted by molar-refractivity contribution is 5.86. The first-order valence-electron chi connectivity index (χ1n) is 11.0. The van der Waals surface area contributed by atoms with Crippen LogP contribution < -0.4 is 9.64 Å². The molecule has 0 bridgehead atoms. The second-order valence-corrected chi connectivity index (χ2v) is 8.30. The van der Waals surface area contributed by atoms with Crippen molar-refractivity contribution in [3.63, 3.8) is 0 Å². The van der Waals surface area contributed by atoms with Crippen LogP contribution >= 0.6 is 0 Å². The van der Waals surface area contributed by atoms with Crippen molar-refractivity contribution in [1.29, 1.82) is 0 Å². The molecule has 8 heteroatoms. The molecule has 0 saturated carbocycles. The SMILES string of the molecule is O=C1CCCN1CCN1CCN(c2ccc3ncnc(OC4CCOC4)c3c2)CC1. The van der Waals surface area contributed by atoms with Gasteiger partial charge in [0.2, 0.25) is 11.8 Å². The molecule has 2 aromatic rings. The van der Waals surface area contributed by atoms with Gasteiger partial charge in [-0.25, -0.2) is 9.97 Å². The van der Waals surface area contributed by atoms with Gasteiger partial charge in [0.05, 0.1) is 24.1 Å². The second kappa shape index (κ2) is 8.73. The fourth-order valence-corrected chi connectivity index (χ4v) is 4.51. The van der Waals surface area contributed by atoms with Crippen LogP contribution in [0.3, 0.4) is 0 Å². The van der Waals surface area contributed by atoms with Crippen LogP contribution in [0.15, 0.2) is 24.5 Å². The molecule has 3 aliphatic heterocycles. The number of hydrogen-bond donors (Lipinski definition) is 0. The van der Waals surface area contributed by atoms with Crippen molar-refractivity contribution in [2.75, 3.05) is 63.9 Å². The average Bonchev–Trinajstić information content (AvgIpc) is 3.44. The normalized spacial score (nSPS) is 22.9. The quantitative estimate of drug-likeness (QED) is 0.714. The summed E-state index contributed by atoms with van der Waals surface area (Å²) in [4.78, 5) is 27.5. The molecule has 3 saturated heterocycles. The van der Waals surface area contributed by atoms with Crippen LogP contribution in [0.2, 0.25) is 0 Å². The predicted molar refractivity (Wildman–Crippen MR) is 114 cm³/mol. The zero-order chi connectivity index (χ0) is 20.3. The molecule has 1 amide bonds. The molecule has 30 heavy (non-hydrogen) atoms. The van der Waals surface area contributed by atoms with Crippen LogP contribution in [0.5, 0.6) is 5.88 Å². The van der Waals surface area contributed by atoms with Crippen LogP contribution in [0, 0.1) is 0 Å². The number of ether oxygens (including phenoxy) is 2. The summed E-state index contributed by atoms with van der Waals surface area (Å²) in [5, 5.41) is 0.955. The largest absolute Gasteiger partial charge is 0.471 e. The van der Waals surface area contributed by atoms with Crippen molar-refractivity contribution in [2.24, 2.45) is 0 Å². The minimum Gasteiger partial charge on any atom is -0.471 e. The van der Waals surface area contributed by atoms with E-state index >= 15 is 0 Å². The lowest BCUT2D eigenvalue weighted by Crippen LogP contribution is -2.48. The van der Waals surface area contributed by atoms with Gasteiger partial charge in [0.15, 0.2) is 0 Å². The molecule has 3 aliphatic rings. The molecule has 1 unspecified atom stereocenters. The summed E-state index contributed by atoms with van der Waals surface area (Å²) in [6, 6.07) is 6.34. The monoisotopic (exact) mass is 411 g/mol. The van der Waals surface area contributed by atoms with Gasteiger partial charge in [-0.05, 0) is 24.6 Å². The summed E-state index contributed by atoms with van der Waals surface area (Å²) in [6.07, 6.45) is 4.27. The molecule has 8 nitrogen and oxygen atoms in total. The van der Waals surface area contributed by atoms with Crippen LogP contribution in [0.1, 0.15) is 19.3 Å². The van der Waals surface area contributed by atoms with Gasteiger partial charge in [0, 0.05) is 64.3 Å². The van der Waals surface area contributed by atoms with Crippen molar-refractivity contribution in [3.05, 3.63) is 24.5 Å². The number of piperazine rings is 1. The number of fused-ring (bicyclic) bond motifs is 1. The van der Waals surface area contributed by atoms with E-state index in [2.05, 4.69) is 38.0 Å². The van der Waals surface area contributed by atoms with E-state index in [1.165, 1.54) is 5.69 Å². The molecule has 3 fully saturated rings. The molecule has 1 aromatic heterocycles. The Morgan fingerprint density at radius 3 is 2.77 bits per heavy atom. The Morgan fingerprint density at radius 2 is 2.00 bits per heavy atom. The van der Waals surface area contributed by atoms with Gasteiger partial charge in [-0.3, -0.25) is 9.69 Å². The minimum atomic E-state index is 0.0674. The van der Waals surface area contributed by atoms with Gasteiger partial charge in [-0.15, -0.1) is 0 Å². The fraction of sp³-hybridized carbons (Fsp3) is 0.591. The van der Waals surface area contributed by atoms with Gasteiger partial charge < -0.3 is 19.3 Å². The maximum Gasteiger partial charge on any atom is 0.224 e. The predicted octanol–water partition coefficient (Wildman–Crippen LogP) is 1.54. The highest BCUT2D eigenvalue weighted by Gasteiger charge is 2.23. The van der Waals surface area contributed by atoms with Crippen molar-refractivity contribution in [2.45, 2.75) is 25.4 Å². The molecule has 1 aromatic carbocycles. The van der Waals surface area contributed by atoms with E-state index in [9.17, 15) is 4.79 Å². The number of anilines is 1. The van der Waals surface area contributed by atoms with E-state index in [1.54, 1.807) is 6.33 Å². The zero-order valence-corrected chi connectivity index (χ0v) is 17.3. The Hall–Kier alpha value is -2.45. The van der Waals surface area contributed by atoms with Crippen molar-refractivity contribution in [3.8, 4) is 5.88 Å². The lowest BCUT2D eigenvalue weighted by molar-refractivity contribution is -0.127. The first-order chi connectivity index (χ1) is 14.8. The van der Waals surface area contributed by atoms with Gasteiger partial charge >= 0.3 is 0 Å². The molecular weight excluding hydrogens is 382 g/mol. The Balaban J connectivity index is 1.22. The maximum atomic E-state index is 11.8. The van der Waals surface area contributed by atoms with Gasteiger partial charge in [0.1, 0.15) is 12.4 Å². The summed E-state index contributed by atoms with van der Waals surface area (Å²) in [6.45, 7) is 8.08. The molecule has 1 atom stereocenters. The van der Waals surface area contributed by atoms with Crippen molar-refractivity contribution in [1.82, 2.24) is 19.8 Å². The van der Waals surface area contributed by atoms with E-state index in [-0.39, 0.29) is 6.10 Å². The van der Waals surface area contributed by atoms with E-state index in [4.69, 9.17) is 9.47 Å². The summed E-state index contributed by atoms with van der Waals surface area (Å²) in [5.74, 6) is 0.959. The Bertz CT molecular complexity index is 893. The molecule has 5 rings (SSSR count). The van der Waals surface area contributed by atoms with Crippen molar-refractivity contribution < 1.29 is 14.3 Å². The summed E-state index contributed by atoms with van der Waals surface area (Å²) in [7, 11) is 0. The number of carbonyl (C=O) groups is 1. The van der Waals surface area contributed by atoms with E-state index < -0.39 is 0 Å². The summed E-state index contributed by atoms with van der Waals surface area (Å²) < 4.78 is 11.5. The Morgan fingerprint density at radius 1 is 1.10 bits per heavy atom. The molecular formula is C22H29N5O3. The summed E-state index contributed by atoms with van der Waals surface area (Å²) >= 11 is 0. The lowest BCUT2D eigenvalue weighted by atomic mass is 10.2. The first-order valence-corrected chi connectivity index (χ1v) is 11.0. The first kappa shape index (κ1) is 19.5. The zero-order valence-electron chi connectivity index (χ0n) is 17.3.